The number of nitrogens with zero attached hydrogens (tertiary/aromatic N) is 1. The van der Waals surface area contributed by atoms with E-state index in [1.165, 1.54) is 57.9 Å². The lowest BCUT2D eigenvalue weighted by atomic mass is 9.97. The molecule has 0 spiro atoms. The molecule has 2 heteroatoms. The predicted molar refractivity (Wildman–Crippen MR) is 64.9 cm³/mol. The third kappa shape index (κ3) is 2.94. The molecule has 1 aliphatic carbocycles. The molecule has 0 aromatic rings. The first-order chi connectivity index (χ1) is 7.20. The lowest BCUT2D eigenvalue weighted by molar-refractivity contribution is 0.165. The third-order valence-corrected chi connectivity index (χ3v) is 4.31. The number of nitrogens with two attached hydrogens (primary N) is 1. The second-order valence-electron chi connectivity index (χ2n) is 5.74. The maximum absolute atomic E-state index is 6.46. The summed E-state index contributed by atoms with van der Waals surface area (Å²) in [4.78, 5) is 2.65. The fourth-order valence-corrected chi connectivity index (χ4v) is 3.21. The summed E-state index contributed by atoms with van der Waals surface area (Å²) < 4.78 is 0. The van der Waals surface area contributed by atoms with Gasteiger partial charge in [-0.2, -0.15) is 0 Å². The van der Waals surface area contributed by atoms with Gasteiger partial charge in [-0.05, 0) is 39.2 Å². The molecule has 0 amide bonds. The molecule has 2 N–H and O–H groups in total. The zero-order chi connectivity index (χ0) is 10.7. The second kappa shape index (κ2) is 4.84. The van der Waals surface area contributed by atoms with E-state index in [0.717, 1.165) is 12.6 Å². The van der Waals surface area contributed by atoms with Crippen LogP contribution in [0.25, 0.3) is 0 Å². The predicted octanol–water partition coefficient (Wildman–Crippen LogP) is 2.52. The first-order valence-electron chi connectivity index (χ1n) is 6.73. The molecular formula is C13H26N2. The molecule has 0 bridgehead atoms. The number of rotatable bonds is 2. The maximum atomic E-state index is 6.46. The maximum Gasteiger partial charge on any atom is 0.0283 e. The Kier molecular flexibility index (Phi) is 3.68. The molecule has 2 fully saturated rings. The zero-order valence-electron chi connectivity index (χ0n) is 10.2. The van der Waals surface area contributed by atoms with E-state index < -0.39 is 0 Å². The van der Waals surface area contributed by atoms with Crippen molar-refractivity contribution in [3.63, 3.8) is 0 Å². The molecule has 0 radical (unpaired) electrons. The van der Waals surface area contributed by atoms with Gasteiger partial charge in [-0.25, -0.2) is 0 Å². The topological polar surface area (TPSA) is 29.3 Å². The fourth-order valence-electron chi connectivity index (χ4n) is 3.21. The van der Waals surface area contributed by atoms with Crippen molar-refractivity contribution in [1.82, 2.24) is 4.90 Å². The van der Waals surface area contributed by atoms with Gasteiger partial charge in [0.05, 0.1) is 0 Å². The highest BCUT2D eigenvalue weighted by Gasteiger charge is 2.32. The Labute approximate surface area is 94.2 Å². The van der Waals surface area contributed by atoms with Crippen molar-refractivity contribution in [2.24, 2.45) is 5.73 Å². The van der Waals surface area contributed by atoms with Gasteiger partial charge >= 0.3 is 0 Å². The molecule has 1 unspecified atom stereocenters. The van der Waals surface area contributed by atoms with Crippen molar-refractivity contribution in [2.45, 2.75) is 69.9 Å². The average molecular weight is 210 g/mol. The molecule has 15 heavy (non-hydrogen) atoms. The highest BCUT2D eigenvalue weighted by atomic mass is 15.2. The van der Waals surface area contributed by atoms with Crippen molar-refractivity contribution in [1.29, 1.82) is 0 Å². The first-order valence-corrected chi connectivity index (χ1v) is 6.73. The van der Waals surface area contributed by atoms with Gasteiger partial charge in [0, 0.05) is 18.1 Å². The molecule has 2 aliphatic rings. The van der Waals surface area contributed by atoms with Gasteiger partial charge in [-0.15, -0.1) is 0 Å². The highest BCUT2D eigenvalue weighted by Crippen LogP contribution is 2.29. The van der Waals surface area contributed by atoms with E-state index in [4.69, 9.17) is 5.73 Å². The van der Waals surface area contributed by atoms with Crippen LogP contribution in [-0.4, -0.2) is 29.6 Å². The van der Waals surface area contributed by atoms with E-state index >= 15 is 0 Å². The Hall–Kier alpha value is -0.0800. The molecule has 1 aliphatic heterocycles. The Morgan fingerprint density at radius 1 is 1.13 bits per heavy atom. The monoisotopic (exact) mass is 210 g/mol. The summed E-state index contributed by atoms with van der Waals surface area (Å²) in [5.74, 6) is 0. The van der Waals surface area contributed by atoms with E-state index in [2.05, 4.69) is 11.8 Å². The van der Waals surface area contributed by atoms with Gasteiger partial charge in [0.25, 0.3) is 0 Å². The molecular weight excluding hydrogens is 184 g/mol. The summed E-state index contributed by atoms with van der Waals surface area (Å²) in [5.41, 5.74) is 6.61. The molecule has 1 saturated heterocycles. The summed E-state index contributed by atoms with van der Waals surface area (Å²) in [6.07, 6.45) is 10.8. The molecule has 1 saturated carbocycles. The van der Waals surface area contributed by atoms with E-state index in [9.17, 15) is 0 Å². The first kappa shape index (κ1) is 11.4. The van der Waals surface area contributed by atoms with Crippen molar-refractivity contribution in [3.05, 3.63) is 0 Å². The minimum absolute atomic E-state index is 0.151. The van der Waals surface area contributed by atoms with E-state index in [1.807, 2.05) is 0 Å². The minimum atomic E-state index is 0.151. The number of likely N-dealkylation sites (tertiary alicyclic amines) is 1. The van der Waals surface area contributed by atoms with Gasteiger partial charge < -0.3 is 5.73 Å². The SMILES string of the molecule is CC1CCCCCN1CC1(N)CCCC1. The Morgan fingerprint density at radius 3 is 2.60 bits per heavy atom. The van der Waals surface area contributed by atoms with Gasteiger partial charge in [0.2, 0.25) is 0 Å². The molecule has 0 aromatic carbocycles. The van der Waals surface area contributed by atoms with Gasteiger partial charge in [0.15, 0.2) is 0 Å². The van der Waals surface area contributed by atoms with Crippen LogP contribution in [0.2, 0.25) is 0 Å². The normalized spacial score (nSPS) is 32.8. The Bertz CT molecular complexity index is 197. The van der Waals surface area contributed by atoms with Crippen LogP contribution in [0.1, 0.15) is 58.3 Å². The van der Waals surface area contributed by atoms with Crippen LogP contribution in [-0.2, 0) is 0 Å². The van der Waals surface area contributed by atoms with E-state index in [-0.39, 0.29) is 5.54 Å². The van der Waals surface area contributed by atoms with Gasteiger partial charge in [-0.3, -0.25) is 4.90 Å². The van der Waals surface area contributed by atoms with Crippen molar-refractivity contribution in [2.75, 3.05) is 13.1 Å². The standard InChI is InChI=1S/C13H26N2/c1-12-7-3-2-6-10-15(12)11-13(14)8-4-5-9-13/h12H,2-11,14H2,1H3. The zero-order valence-corrected chi connectivity index (χ0v) is 10.2. The van der Waals surface area contributed by atoms with Crippen molar-refractivity contribution >= 4 is 0 Å². The largest absolute Gasteiger partial charge is 0.324 e. The van der Waals surface area contributed by atoms with E-state index in [1.54, 1.807) is 0 Å². The molecule has 1 atom stereocenters. The van der Waals surface area contributed by atoms with Crippen LogP contribution in [0.4, 0.5) is 0 Å². The molecule has 2 nitrogen and oxygen atoms in total. The summed E-state index contributed by atoms with van der Waals surface area (Å²) in [7, 11) is 0. The summed E-state index contributed by atoms with van der Waals surface area (Å²) >= 11 is 0. The fraction of sp³-hybridized carbons (Fsp3) is 1.00. The van der Waals surface area contributed by atoms with Crippen LogP contribution < -0.4 is 5.73 Å². The lowest BCUT2D eigenvalue weighted by Crippen LogP contribution is -2.50. The summed E-state index contributed by atoms with van der Waals surface area (Å²) in [5, 5.41) is 0. The van der Waals surface area contributed by atoms with Gasteiger partial charge in [0.1, 0.15) is 0 Å². The van der Waals surface area contributed by atoms with Crippen LogP contribution in [0.15, 0.2) is 0 Å². The molecule has 0 aromatic heterocycles. The van der Waals surface area contributed by atoms with Gasteiger partial charge in [-0.1, -0.05) is 25.7 Å². The third-order valence-electron chi connectivity index (χ3n) is 4.31. The highest BCUT2D eigenvalue weighted by molar-refractivity contribution is 4.93. The average Bonchev–Trinajstić information content (AvgIpc) is 2.53. The molecule has 2 rings (SSSR count). The number of hydrogen-bond acceptors (Lipinski definition) is 2. The quantitative estimate of drug-likeness (QED) is 0.759. The number of hydrogen-bond donors (Lipinski definition) is 1. The molecule has 88 valence electrons. The van der Waals surface area contributed by atoms with Crippen LogP contribution in [0.3, 0.4) is 0 Å². The lowest BCUT2D eigenvalue weighted by Gasteiger charge is -2.35. The molecule has 1 heterocycles. The van der Waals surface area contributed by atoms with Crippen molar-refractivity contribution in [3.8, 4) is 0 Å². The minimum Gasteiger partial charge on any atom is -0.324 e. The van der Waals surface area contributed by atoms with Crippen LogP contribution in [0, 0.1) is 0 Å². The van der Waals surface area contributed by atoms with Crippen LogP contribution >= 0.6 is 0 Å². The van der Waals surface area contributed by atoms with Crippen LogP contribution in [0.5, 0.6) is 0 Å². The van der Waals surface area contributed by atoms with E-state index in [0.29, 0.717) is 0 Å². The second-order valence-corrected chi connectivity index (χ2v) is 5.74. The van der Waals surface area contributed by atoms with Crippen molar-refractivity contribution < 1.29 is 0 Å². The summed E-state index contributed by atoms with van der Waals surface area (Å²) in [6.45, 7) is 4.80. The Morgan fingerprint density at radius 2 is 1.87 bits per heavy atom. The summed E-state index contributed by atoms with van der Waals surface area (Å²) in [6, 6.07) is 0.758. The Balaban J connectivity index is 1.90. The smallest absolute Gasteiger partial charge is 0.0283 e.